The summed E-state index contributed by atoms with van der Waals surface area (Å²) in [6.45, 7) is 0. The number of nitrogens with one attached hydrogen (secondary N) is 2. The molecule has 0 radical (unpaired) electrons. The van der Waals surface area contributed by atoms with Crippen LogP contribution in [-0.4, -0.2) is 17.5 Å². The van der Waals surface area contributed by atoms with Gasteiger partial charge in [0.1, 0.15) is 6.04 Å². The second-order valence-electron chi connectivity index (χ2n) is 4.85. The molecule has 0 saturated heterocycles. The number of fused-ring (bicyclic) bond motifs is 3. The number of hydrogen-bond acceptors (Lipinski definition) is 4. The van der Waals surface area contributed by atoms with E-state index in [9.17, 15) is 4.79 Å². The molecular formula is C14H12N4O. The van der Waals surface area contributed by atoms with Crippen molar-refractivity contribution in [1.82, 2.24) is 10.7 Å². The molecule has 1 unspecified atom stereocenters. The summed E-state index contributed by atoms with van der Waals surface area (Å²) < 4.78 is 0. The molecule has 1 aliphatic heterocycles. The van der Waals surface area contributed by atoms with Gasteiger partial charge in [-0.1, -0.05) is 24.3 Å². The zero-order valence-electron chi connectivity index (χ0n) is 10.2. The second-order valence-corrected chi connectivity index (χ2v) is 4.85. The number of hydrazone groups is 1. The third-order valence-corrected chi connectivity index (χ3v) is 3.42. The van der Waals surface area contributed by atoms with Gasteiger partial charge in [0.15, 0.2) is 0 Å². The van der Waals surface area contributed by atoms with E-state index in [4.69, 9.17) is 0 Å². The highest BCUT2D eigenvalue weighted by molar-refractivity contribution is 6.39. The average molecular weight is 252 g/mol. The van der Waals surface area contributed by atoms with Gasteiger partial charge in [-0.05, 0) is 30.0 Å². The molecule has 4 rings (SSSR count). The van der Waals surface area contributed by atoms with Gasteiger partial charge in [-0.15, -0.1) is 0 Å². The number of carbonyl (C=O) groups is 1. The van der Waals surface area contributed by atoms with Crippen molar-refractivity contribution in [2.45, 2.75) is 18.9 Å². The van der Waals surface area contributed by atoms with Crippen molar-refractivity contribution in [2.75, 3.05) is 0 Å². The largest absolute Gasteiger partial charge is 0.321 e. The zero-order valence-corrected chi connectivity index (χ0v) is 10.2. The lowest BCUT2D eigenvalue weighted by Gasteiger charge is -2.20. The van der Waals surface area contributed by atoms with Crippen molar-refractivity contribution in [2.24, 2.45) is 10.1 Å². The Hall–Kier alpha value is -2.43. The van der Waals surface area contributed by atoms with E-state index in [-0.39, 0.29) is 11.9 Å². The topological polar surface area (TPSA) is 65.8 Å². The van der Waals surface area contributed by atoms with Crippen LogP contribution in [0.3, 0.4) is 0 Å². The van der Waals surface area contributed by atoms with Crippen LogP contribution < -0.4 is 10.7 Å². The van der Waals surface area contributed by atoms with E-state index in [0.29, 0.717) is 5.84 Å². The van der Waals surface area contributed by atoms with Crippen molar-refractivity contribution in [3.05, 3.63) is 41.1 Å². The van der Waals surface area contributed by atoms with E-state index in [0.717, 1.165) is 35.4 Å². The number of aliphatic imine (C=N–C) groups is 1. The fraction of sp³-hybridized carbons (Fsp3) is 0.214. The lowest BCUT2D eigenvalue weighted by molar-refractivity contribution is -0.114. The summed E-state index contributed by atoms with van der Waals surface area (Å²) in [5.41, 5.74) is 6.94. The minimum absolute atomic E-state index is 0.115. The van der Waals surface area contributed by atoms with E-state index < -0.39 is 0 Å². The van der Waals surface area contributed by atoms with Crippen molar-refractivity contribution in [3.63, 3.8) is 0 Å². The Kier molecular flexibility index (Phi) is 2.09. The molecule has 2 N–H and O–H groups in total. The minimum atomic E-state index is -0.222. The molecule has 0 bridgehead atoms. The summed E-state index contributed by atoms with van der Waals surface area (Å²) in [4.78, 5) is 16.4. The molecule has 5 nitrogen and oxygen atoms in total. The van der Waals surface area contributed by atoms with Gasteiger partial charge in [0.2, 0.25) is 5.84 Å². The third kappa shape index (κ3) is 1.74. The standard InChI is InChI=1S/C14H12N4O/c19-14-13(18-17-9-5-6-9)16-12-10-4-2-1-3-8(10)7-11(12)15-14/h1-4,7,12H,5-6H2,(H,15,19)(H,16,18). The van der Waals surface area contributed by atoms with Crippen LogP contribution in [0.1, 0.15) is 30.0 Å². The van der Waals surface area contributed by atoms with Crippen molar-refractivity contribution in [1.29, 1.82) is 0 Å². The van der Waals surface area contributed by atoms with E-state index in [1.54, 1.807) is 0 Å². The number of benzene rings is 1. The van der Waals surface area contributed by atoms with Gasteiger partial charge < -0.3 is 5.32 Å². The average Bonchev–Trinajstić information content (AvgIpc) is 3.17. The molecule has 1 amide bonds. The predicted molar refractivity (Wildman–Crippen MR) is 72.5 cm³/mol. The van der Waals surface area contributed by atoms with Crippen molar-refractivity contribution >= 4 is 23.5 Å². The molecule has 1 heterocycles. The van der Waals surface area contributed by atoms with Gasteiger partial charge in [0.25, 0.3) is 5.91 Å². The first-order valence-corrected chi connectivity index (χ1v) is 6.32. The van der Waals surface area contributed by atoms with E-state index in [1.807, 2.05) is 30.3 Å². The van der Waals surface area contributed by atoms with Crippen LogP contribution in [0.15, 0.2) is 40.1 Å². The summed E-state index contributed by atoms with van der Waals surface area (Å²) in [6.07, 6.45) is 4.00. The maximum Gasteiger partial charge on any atom is 0.292 e. The first-order chi connectivity index (χ1) is 9.31. The molecule has 5 heteroatoms. The van der Waals surface area contributed by atoms with Gasteiger partial charge in [-0.25, -0.2) is 4.99 Å². The van der Waals surface area contributed by atoms with Crippen LogP contribution in [0.25, 0.3) is 6.08 Å². The Morgan fingerprint density at radius 1 is 1.32 bits per heavy atom. The van der Waals surface area contributed by atoms with Crippen molar-refractivity contribution < 1.29 is 4.79 Å². The minimum Gasteiger partial charge on any atom is -0.321 e. The molecule has 1 atom stereocenters. The van der Waals surface area contributed by atoms with Crippen LogP contribution in [0, 0.1) is 0 Å². The summed E-state index contributed by atoms with van der Waals surface area (Å²) in [7, 11) is 0. The van der Waals surface area contributed by atoms with Gasteiger partial charge in [0, 0.05) is 11.4 Å². The molecule has 1 aromatic rings. The lowest BCUT2D eigenvalue weighted by atomic mass is 10.1. The highest BCUT2D eigenvalue weighted by atomic mass is 16.2. The summed E-state index contributed by atoms with van der Waals surface area (Å²) in [6, 6.07) is 7.92. The Morgan fingerprint density at radius 2 is 2.16 bits per heavy atom. The van der Waals surface area contributed by atoms with Crippen LogP contribution in [0.5, 0.6) is 0 Å². The quantitative estimate of drug-likeness (QED) is 0.741. The lowest BCUT2D eigenvalue weighted by Crippen LogP contribution is -2.42. The zero-order chi connectivity index (χ0) is 12.8. The maximum absolute atomic E-state index is 11.9. The Bertz CT molecular complexity index is 666. The predicted octanol–water partition coefficient (Wildman–Crippen LogP) is 1.35. The molecule has 0 aromatic heterocycles. The molecule has 2 aliphatic carbocycles. The van der Waals surface area contributed by atoms with Crippen LogP contribution in [0.2, 0.25) is 0 Å². The third-order valence-electron chi connectivity index (χ3n) is 3.42. The highest BCUT2D eigenvalue weighted by Crippen LogP contribution is 2.37. The van der Waals surface area contributed by atoms with Crippen LogP contribution >= 0.6 is 0 Å². The van der Waals surface area contributed by atoms with Crippen molar-refractivity contribution in [3.8, 4) is 0 Å². The van der Waals surface area contributed by atoms with Gasteiger partial charge in [-0.2, -0.15) is 5.10 Å². The maximum atomic E-state index is 11.9. The first-order valence-electron chi connectivity index (χ1n) is 6.32. The molecule has 0 spiro atoms. The molecule has 1 aromatic carbocycles. The number of rotatable bonds is 1. The Labute approximate surface area is 110 Å². The van der Waals surface area contributed by atoms with Crippen LogP contribution in [-0.2, 0) is 4.79 Å². The van der Waals surface area contributed by atoms with Gasteiger partial charge in [0.05, 0.1) is 0 Å². The number of nitrogens with zero attached hydrogens (tertiary/aromatic N) is 2. The molecule has 1 fully saturated rings. The summed E-state index contributed by atoms with van der Waals surface area (Å²) in [5, 5.41) is 7.01. The van der Waals surface area contributed by atoms with Gasteiger partial charge >= 0.3 is 0 Å². The summed E-state index contributed by atoms with van der Waals surface area (Å²) in [5.74, 6) is 0.0681. The van der Waals surface area contributed by atoms with Gasteiger partial charge in [-0.3, -0.25) is 10.2 Å². The number of hydrogen-bond donors (Lipinski definition) is 2. The molecular weight excluding hydrogens is 240 g/mol. The smallest absolute Gasteiger partial charge is 0.292 e. The second kappa shape index (κ2) is 3.78. The first kappa shape index (κ1) is 10.5. The number of amides is 1. The van der Waals surface area contributed by atoms with E-state index >= 15 is 0 Å². The van der Waals surface area contributed by atoms with Crippen LogP contribution in [0.4, 0.5) is 0 Å². The molecule has 3 aliphatic rings. The fourth-order valence-corrected chi connectivity index (χ4v) is 2.31. The monoisotopic (exact) mass is 252 g/mol. The highest BCUT2D eigenvalue weighted by Gasteiger charge is 2.32. The fourth-order valence-electron chi connectivity index (χ4n) is 2.31. The molecule has 94 valence electrons. The van der Waals surface area contributed by atoms with E-state index in [2.05, 4.69) is 20.8 Å². The number of amidine groups is 1. The normalized spacial score (nSPS) is 22.8. The Morgan fingerprint density at radius 3 is 3.00 bits per heavy atom. The molecule has 1 saturated carbocycles. The Balaban J connectivity index is 1.70. The summed E-state index contributed by atoms with van der Waals surface area (Å²) >= 11 is 0. The van der Waals surface area contributed by atoms with E-state index in [1.165, 1.54) is 0 Å². The molecule has 19 heavy (non-hydrogen) atoms. The number of carbonyl (C=O) groups excluding carboxylic acids is 1. The SMILES string of the molecule is O=C1NC2=Cc3ccccc3C2N=C1NN=C1CC1.